The zero-order valence-corrected chi connectivity index (χ0v) is 21.0. The molecule has 2 aromatic carbocycles. The second-order valence-electron chi connectivity index (χ2n) is 9.26. The van der Waals surface area contributed by atoms with Gasteiger partial charge in [-0.15, -0.1) is 0 Å². The van der Waals surface area contributed by atoms with E-state index in [1.54, 1.807) is 30.5 Å². The van der Waals surface area contributed by atoms with E-state index in [4.69, 9.17) is 23.2 Å². The van der Waals surface area contributed by atoms with Crippen LogP contribution in [0, 0.1) is 10.1 Å². The van der Waals surface area contributed by atoms with Crippen molar-refractivity contribution in [2.75, 3.05) is 31.1 Å². The van der Waals surface area contributed by atoms with E-state index in [1.807, 2.05) is 41.3 Å². The van der Waals surface area contributed by atoms with Crippen LogP contribution in [0.2, 0.25) is 10.2 Å². The van der Waals surface area contributed by atoms with Gasteiger partial charge >= 0.3 is 0 Å². The molecule has 2 aliphatic heterocycles. The van der Waals surface area contributed by atoms with Crippen LogP contribution >= 0.6 is 23.2 Å². The molecule has 1 spiro atoms. The minimum atomic E-state index is -0.384. The van der Waals surface area contributed by atoms with Gasteiger partial charge in [0.1, 0.15) is 5.15 Å². The number of halogens is 2. The number of amides is 1. The lowest BCUT2D eigenvalue weighted by molar-refractivity contribution is -0.384. The summed E-state index contributed by atoms with van der Waals surface area (Å²) in [5.74, 6) is -0.0953. The topological polar surface area (TPSA) is 79.6 Å². The Balaban J connectivity index is 1.30. The third-order valence-electron chi connectivity index (χ3n) is 7.07. The zero-order chi connectivity index (χ0) is 25.3. The number of pyridine rings is 1. The lowest BCUT2D eigenvalue weighted by Crippen LogP contribution is -2.46. The maximum absolute atomic E-state index is 13.4. The highest BCUT2D eigenvalue weighted by atomic mass is 35.5. The number of non-ortho nitro benzene ring substituents is 1. The molecule has 184 valence electrons. The fourth-order valence-electron chi connectivity index (χ4n) is 5.18. The molecule has 0 aliphatic carbocycles. The second kappa shape index (κ2) is 10.0. The SMILES string of the molecule is O=C(c1ccnc(Cl)c1)N1CC2(CCN(CC=Cc3cccc([N+](=O)[O-])c3)CC2)c2cc(Cl)ccc21. The molecular formula is C27H24Cl2N4O3. The first-order valence-electron chi connectivity index (χ1n) is 11.7. The van der Waals surface area contributed by atoms with Gasteiger partial charge < -0.3 is 4.90 Å². The molecule has 9 heteroatoms. The van der Waals surface area contributed by atoms with E-state index in [-0.39, 0.29) is 27.1 Å². The number of benzene rings is 2. The van der Waals surface area contributed by atoms with Gasteiger partial charge in [-0.3, -0.25) is 19.8 Å². The van der Waals surface area contributed by atoms with Crippen molar-refractivity contribution in [1.82, 2.24) is 9.88 Å². The molecule has 0 atom stereocenters. The summed E-state index contributed by atoms with van der Waals surface area (Å²) in [6.07, 6.45) is 7.30. The molecule has 1 fully saturated rings. The number of hydrogen-bond acceptors (Lipinski definition) is 5. The molecule has 36 heavy (non-hydrogen) atoms. The zero-order valence-electron chi connectivity index (χ0n) is 19.4. The number of likely N-dealkylation sites (tertiary alicyclic amines) is 1. The van der Waals surface area contributed by atoms with Crippen molar-refractivity contribution in [1.29, 1.82) is 0 Å². The van der Waals surface area contributed by atoms with E-state index in [0.717, 1.165) is 49.3 Å². The molecule has 0 unspecified atom stereocenters. The van der Waals surface area contributed by atoms with E-state index in [2.05, 4.69) is 9.88 Å². The molecule has 3 aromatic rings. The third-order valence-corrected chi connectivity index (χ3v) is 7.51. The third kappa shape index (κ3) is 4.87. The van der Waals surface area contributed by atoms with Gasteiger partial charge in [0, 0.05) is 53.1 Å². The molecule has 0 saturated carbocycles. The largest absolute Gasteiger partial charge is 0.307 e. The fraction of sp³-hybridized carbons (Fsp3) is 0.259. The first-order chi connectivity index (χ1) is 17.3. The average Bonchev–Trinajstić information content (AvgIpc) is 3.18. The summed E-state index contributed by atoms with van der Waals surface area (Å²) in [6.45, 7) is 3.08. The lowest BCUT2D eigenvalue weighted by atomic mass is 9.74. The van der Waals surface area contributed by atoms with Crippen molar-refractivity contribution in [3.8, 4) is 0 Å². The van der Waals surface area contributed by atoms with Crippen molar-refractivity contribution in [3.63, 3.8) is 0 Å². The summed E-state index contributed by atoms with van der Waals surface area (Å²) in [5.41, 5.74) is 3.27. The molecule has 7 nitrogen and oxygen atoms in total. The molecule has 5 rings (SSSR count). The Morgan fingerprint density at radius 1 is 1.11 bits per heavy atom. The normalized spacial score (nSPS) is 17.0. The van der Waals surface area contributed by atoms with Crippen molar-refractivity contribution in [2.45, 2.75) is 18.3 Å². The highest BCUT2D eigenvalue weighted by Gasteiger charge is 2.46. The van der Waals surface area contributed by atoms with E-state index in [1.165, 1.54) is 6.07 Å². The number of nitrogens with zero attached hydrogens (tertiary/aromatic N) is 4. The molecule has 0 N–H and O–H groups in total. The Morgan fingerprint density at radius 3 is 2.67 bits per heavy atom. The van der Waals surface area contributed by atoms with E-state index in [0.29, 0.717) is 17.1 Å². The monoisotopic (exact) mass is 522 g/mol. The van der Waals surface area contributed by atoms with Gasteiger partial charge in [0.25, 0.3) is 11.6 Å². The van der Waals surface area contributed by atoms with Crippen molar-refractivity contribution < 1.29 is 9.72 Å². The Labute approximate surface area is 219 Å². The standard InChI is InChI=1S/C27H24Cl2N4O3/c28-21-6-7-24-23(17-21)27(18-32(24)26(34)20-8-11-30-25(29)16-20)9-13-31(14-10-27)12-2-4-19-3-1-5-22(15-19)33(35)36/h1-8,11,15-17H,9-10,12-14,18H2. The molecule has 1 amide bonds. The van der Waals surface area contributed by atoms with Crippen molar-refractivity contribution in [2.24, 2.45) is 0 Å². The smallest absolute Gasteiger partial charge is 0.270 e. The Morgan fingerprint density at radius 2 is 1.92 bits per heavy atom. The van der Waals surface area contributed by atoms with Gasteiger partial charge in [0.05, 0.1) is 4.92 Å². The number of piperidine rings is 1. The fourth-order valence-corrected chi connectivity index (χ4v) is 5.53. The molecule has 2 aliphatic rings. The van der Waals surface area contributed by atoms with Crippen LogP contribution in [-0.2, 0) is 5.41 Å². The van der Waals surface area contributed by atoms with Gasteiger partial charge in [-0.1, -0.05) is 47.5 Å². The number of hydrogen-bond donors (Lipinski definition) is 0. The Kier molecular flexibility index (Phi) is 6.79. The first kappa shape index (κ1) is 24.4. The summed E-state index contributed by atoms with van der Waals surface area (Å²) in [5, 5.41) is 12.0. The highest BCUT2D eigenvalue weighted by molar-refractivity contribution is 6.31. The van der Waals surface area contributed by atoms with Crippen molar-refractivity contribution in [3.05, 3.63) is 104 Å². The molecule has 1 aromatic heterocycles. The molecule has 0 radical (unpaired) electrons. The number of carbonyl (C=O) groups is 1. The number of carbonyl (C=O) groups excluding carboxylic acids is 1. The van der Waals surface area contributed by atoms with Crippen LogP contribution in [0.5, 0.6) is 0 Å². The minimum Gasteiger partial charge on any atom is -0.307 e. The average molecular weight is 523 g/mol. The number of nitro benzene ring substituents is 1. The summed E-state index contributed by atoms with van der Waals surface area (Å²) in [7, 11) is 0. The Bertz CT molecular complexity index is 1350. The predicted molar refractivity (Wildman–Crippen MR) is 142 cm³/mol. The second-order valence-corrected chi connectivity index (χ2v) is 10.1. The van der Waals surface area contributed by atoms with E-state index >= 15 is 0 Å². The quantitative estimate of drug-likeness (QED) is 0.233. The Hall–Kier alpha value is -3.26. The van der Waals surface area contributed by atoms with Crippen LogP contribution < -0.4 is 4.90 Å². The lowest BCUT2D eigenvalue weighted by Gasteiger charge is -2.39. The maximum Gasteiger partial charge on any atom is 0.270 e. The van der Waals surface area contributed by atoms with E-state index < -0.39 is 0 Å². The van der Waals surface area contributed by atoms with E-state index in [9.17, 15) is 14.9 Å². The molecule has 1 saturated heterocycles. The van der Waals surface area contributed by atoms with Crippen LogP contribution in [0.4, 0.5) is 11.4 Å². The predicted octanol–water partition coefficient (Wildman–Crippen LogP) is 6.00. The van der Waals surface area contributed by atoms with Gasteiger partial charge in [-0.05, 0) is 67.4 Å². The van der Waals surface area contributed by atoms with Crippen LogP contribution in [0.25, 0.3) is 6.08 Å². The van der Waals surface area contributed by atoms with Gasteiger partial charge in [-0.25, -0.2) is 4.98 Å². The number of fused-ring (bicyclic) bond motifs is 2. The van der Waals surface area contributed by atoms with Crippen LogP contribution in [0.3, 0.4) is 0 Å². The number of nitro groups is 1. The molecular weight excluding hydrogens is 499 g/mol. The van der Waals surface area contributed by atoms with Gasteiger partial charge in [-0.2, -0.15) is 0 Å². The molecule has 3 heterocycles. The summed E-state index contributed by atoms with van der Waals surface area (Å²) in [6, 6.07) is 15.7. The number of aromatic nitrogens is 1. The van der Waals surface area contributed by atoms with Gasteiger partial charge in [0.15, 0.2) is 0 Å². The first-order valence-corrected chi connectivity index (χ1v) is 12.5. The number of rotatable bonds is 5. The van der Waals surface area contributed by atoms with Gasteiger partial charge in [0.2, 0.25) is 0 Å². The summed E-state index contributed by atoms with van der Waals surface area (Å²) < 4.78 is 0. The number of anilines is 1. The van der Waals surface area contributed by atoms with Crippen LogP contribution in [0.1, 0.15) is 34.3 Å². The molecule has 0 bridgehead atoms. The summed E-state index contributed by atoms with van der Waals surface area (Å²) >= 11 is 12.4. The summed E-state index contributed by atoms with van der Waals surface area (Å²) in [4.78, 5) is 32.2. The van der Waals surface area contributed by atoms with Crippen LogP contribution in [0.15, 0.2) is 66.9 Å². The highest BCUT2D eigenvalue weighted by Crippen LogP contribution is 2.48. The van der Waals surface area contributed by atoms with Crippen molar-refractivity contribution >= 4 is 46.6 Å². The minimum absolute atomic E-state index is 0.0868. The van der Waals surface area contributed by atoms with Crippen LogP contribution in [-0.4, -0.2) is 46.9 Å². The maximum atomic E-state index is 13.4.